The predicted molar refractivity (Wildman–Crippen MR) is 121 cm³/mol. The van der Waals surface area contributed by atoms with E-state index in [1.54, 1.807) is 12.3 Å². The third-order valence-corrected chi connectivity index (χ3v) is 5.76. The number of aromatic amines is 2. The van der Waals surface area contributed by atoms with Gasteiger partial charge in [0.15, 0.2) is 5.78 Å². The van der Waals surface area contributed by atoms with Crippen LogP contribution in [0.25, 0.3) is 28.6 Å². The number of nitrogens with zero attached hydrogens (tertiary/aromatic N) is 3. The van der Waals surface area contributed by atoms with Gasteiger partial charge in [0.05, 0.1) is 24.5 Å². The van der Waals surface area contributed by atoms with E-state index in [1.165, 1.54) is 22.3 Å². The van der Waals surface area contributed by atoms with E-state index < -0.39 is 0 Å². The molecule has 5 rings (SSSR count). The zero-order valence-corrected chi connectivity index (χ0v) is 17.5. The van der Waals surface area contributed by atoms with Gasteiger partial charge in [-0.15, -0.1) is 0 Å². The highest BCUT2D eigenvalue weighted by molar-refractivity contribution is 5.95. The van der Waals surface area contributed by atoms with Crippen LogP contribution in [0.5, 0.6) is 0 Å². The molecule has 4 aromatic rings. The molecule has 1 aliphatic heterocycles. The summed E-state index contributed by atoms with van der Waals surface area (Å²) >= 11 is 0. The number of aryl methyl sites for hydroxylation is 2. The van der Waals surface area contributed by atoms with Crippen LogP contribution in [0.15, 0.2) is 60.9 Å². The standard InChI is InChI=1S/C25H23N5O/c1-16-3-4-20(13-17(16)2)18-5-7-19(8-6-18)25-27-21-10-12-30(14-23(21)28-25)15-24(31)22-9-11-26-29-22/h3-13H,14-15H2,1-2H3,(H,26,29)(H,27,28). The molecule has 3 heterocycles. The molecule has 2 N–H and O–H groups in total. The lowest BCUT2D eigenvalue weighted by molar-refractivity contribution is 0.0947. The minimum atomic E-state index is 0.00673. The summed E-state index contributed by atoms with van der Waals surface area (Å²) in [7, 11) is 0. The number of Topliss-reactive ketones (excluding diaryl/α,β-unsaturated/α-hetero) is 1. The predicted octanol–water partition coefficient (Wildman–Crippen LogP) is 4.75. The molecule has 0 atom stereocenters. The fourth-order valence-electron chi connectivity index (χ4n) is 3.78. The Kier molecular flexibility index (Phi) is 4.75. The molecule has 0 saturated carbocycles. The second-order valence-electron chi connectivity index (χ2n) is 7.94. The van der Waals surface area contributed by atoms with Crippen molar-refractivity contribution in [2.75, 3.05) is 6.54 Å². The number of fused-ring (bicyclic) bond motifs is 1. The Morgan fingerprint density at radius 1 is 1.00 bits per heavy atom. The first-order chi connectivity index (χ1) is 15.1. The SMILES string of the molecule is Cc1ccc(-c2ccc(-c3nc4c([nH]3)CN(CC(=O)c3ccn[nH]3)C=C4)cc2)cc1C. The Balaban J connectivity index is 1.32. The number of carbonyl (C=O) groups excluding carboxylic acids is 1. The van der Waals surface area contributed by atoms with E-state index in [4.69, 9.17) is 4.98 Å². The van der Waals surface area contributed by atoms with Gasteiger partial charge in [-0.2, -0.15) is 5.10 Å². The fourth-order valence-corrected chi connectivity index (χ4v) is 3.78. The number of H-pyrrole nitrogens is 2. The average Bonchev–Trinajstić information content (AvgIpc) is 3.46. The van der Waals surface area contributed by atoms with Crippen LogP contribution in [0.2, 0.25) is 0 Å². The third kappa shape index (κ3) is 3.80. The Bertz CT molecular complexity index is 1270. The Morgan fingerprint density at radius 2 is 1.77 bits per heavy atom. The molecule has 0 amide bonds. The number of hydrogen-bond acceptors (Lipinski definition) is 4. The fraction of sp³-hybridized carbons (Fsp3) is 0.160. The second-order valence-corrected chi connectivity index (χ2v) is 7.94. The van der Waals surface area contributed by atoms with Gasteiger partial charge in [-0.05, 0) is 48.2 Å². The molecule has 31 heavy (non-hydrogen) atoms. The quantitative estimate of drug-likeness (QED) is 0.466. The van der Waals surface area contributed by atoms with E-state index >= 15 is 0 Å². The van der Waals surface area contributed by atoms with Gasteiger partial charge in [0.1, 0.15) is 11.5 Å². The first kappa shape index (κ1) is 19.1. The molecule has 0 spiro atoms. The van der Waals surface area contributed by atoms with Crippen molar-refractivity contribution in [2.24, 2.45) is 0 Å². The van der Waals surface area contributed by atoms with E-state index in [1.807, 2.05) is 17.2 Å². The Morgan fingerprint density at radius 3 is 2.52 bits per heavy atom. The lowest BCUT2D eigenvalue weighted by atomic mass is 9.99. The van der Waals surface area contributed by atoms with Crippen molar-refractivity contribution in [1.29, 1.82) is 0 Å². The van der Waals surface area contributed by atoms with E-state index in [0.29, 0.717) is 12.2 Å². The zero-order chi connectivity index (χ0) is 21.4. The van der Waals surface area contributed by atoms with Gasteiger partial charge in [-0.25, -0.2) is 4.98 Å². The molecule has 2 aromatic heterocycles. The maximum absolute atomic E-state index is 12.3. The minimum Gasteiger partial charge on any atom is -0.364 e. The molecule has 154 valence electrons. The monoisotopic (exact) mass is 409 g/mol. The van der Waals surface area contributed by atoms with E-state index in [-0.39, 0.29) is 12.3 Å². The van der Waals surface area contributed by atoms with Crippen LogP contribution in [-0.2, 0) is 6.54 Å². The summed E-state index contributed by atoms with van der Waals surface area (Å²) in [6, 6.07) is 16.7. The topological polar surface area (TPSA) is 77.7 Å². The van der Waals surface area contributed by atoms with Gasteiger partial charge in [0.2, 0.25) is 0 Å². The number of carbonyl (C=O) groups is 1. The normalized spacial score (nSPS) is 12.8. The van der Waals surface area contributed by atoms with Crippen molar-refractivity contribution in [1.82, 2.24) is 25.1 Å². The van der Waals surface area contributed by atoms with Crippen LogP contribution in [0.1, 0.15) is 33.0 Å². The maximum atomic E-state index is 12.3. The number of hydrogen-bond donors (Lipinski definition) is 2. The largest absolute Gasteiger partial charge is 0.364 e. The van der Waals surface area contributed by atoms with Gasteiger partial charge < -0.3 is 9.88 Å². The molecule has 6 heteroatoms. The Labute approximate surface area is 180 Å². The molecule has 1 aliphatic rings. The number of benzene rings is 2. The minimum absolute atomic E-state index is 0.00673. The highest BCUT2D eigenvalue weighted by atomic mass is 16.1. The number of aromatic nitrogens is 4. The van der Waals surface area contributed by atoms with Crippen molar-refractivity contribution >= 4 is 11.9 Å². The molecule has 6 nitrogen and oxygen atoms in total. The summed E-state index contributed by atoms with van der Waals surface area (Å²) in [5.74, 6) is 0.843. The van der Waals surface area contributed by atoms with Crippen molar-refractivity contribution < 1.29 is 4.79 Å². The maximum Gasteiger partial charge on any atom is 0.199 e. The molecule has 0 bridgehead atoms. The van der Waals surface area contributed by atoms with Crippen LogP contribution in [0.4, 0.5) is 0 Å². The zero-order valence-electron chi connectivity index (χ0n) is 17.5. The molecular weight excluding hydrogens is 386 g/mol. The highest BCUT2D eigenvalue weighted by Gasteiger charge is 2.19. The third-order valence-electron chi connectivity index (χ3n) is 5.76. The molecular formula is C25H23N5O. The molecule has 2 aromatic carbocycles. The number of nitrogens with one attached hydrogen (secondary N) is 2. The molecule has 0 radical (unpaired) electrons. The average molecular weight is 409 g/mol. The lowest BCUT2D eigenvalue weighted by Crippen LogP contribution is -2.27. The molecule has 0 saturated heterocycles. The lowest BCUT2D eigenvalue weighted by Gasteiger charge is -2.21. The van der Waals surface area contributed by atoms with Crippen LogP contribution < -0.4 is 0 Å². The van der Waals surface area contributed by atoms with Gasteiger partial charge >= 0.3 is 0 Å². The summed E-state index contributed by atoms with van der Waals surface area (Å²) < 4.78 is 0. The number of rotatable bonds is 5. The van der Waals surface area contributed by atoms with Crippen molar-refractivity contribution in [2.45, 2.75) is 20.4 Å². The number of imidazole rings is 1. The summed E-state index contributed by atoms with van der Waals surface area (Å²) in [4.78, 5) is 22.5. The first-order valence-electron chi connectivity index (χ1n) is 10.3. The summed E-state index contributed by atoms with van der Waals surface area (Å²) in [6.45, 7) is 5.17. The number of ketones is 1. The van der Waals surface area contributed by atoms with Crippen LogP contribution in [0.3, 0.4) is 0 Å². The van der Waals surface area contributed by atoms with E-state index in [2.05, 4.69) is 71.5 Å². The van der Waals surface area contributed by atoms with Gasteiger partial charge in [-0.1, -0.05) is 42.5 Å². The molecule has 0 unspecified atom stereocenters. The summed E-state index contributed by atoms with van der Waals surface area (Å²) in [5, 5.41) is 6.57. The summed E-state index contributed by atoms with van der Waals surface area (Å²) in [5.41, 5.74) is 8.48. The van der Waals surface area contributed by atoms with Crippen molar-refractivity contribution in [3.8, 4) is 22.5 Å². The Hall–Kier alpha value is -3.93. The first-order valence-corrected chi connectivity index (χ1v) is 10.3. The summed E-state index contributed by atoms with van der Waals surface area (Å²) in [6.07, 6.45) is 5.45. The molecule has 0 fully saturated rings. The van der Waals surface area contributed by atoms with E-state index in [0.717, 1.165) is 22.8 Å². The highest BCUT2D eigenvalue weighted by Crippen LogP contribution is 2.27. The van der Waals surface area contributed by atoms with E-state index in [9.17, 15) is 4.79 Å². The second kappa shape index (κ2) is 7.72. The van der Waals surface area contributed by atoms with Crippen molar-refractivity contribution in [3.63, 3.8) is 0 Å². The van der Waals surface area contributed by atoms with Gasteiger partial charge in [0.25, 0.3) is 0 Å². The van der Waals surface area contributed by atoms with Crippen LogP contribution in [-0.4, -0.2) is 37.4 Å². The molecule has 0 aliphatic carbocycles. The van der Waals surface area contributed by atoms with Crippen LogP contribution in [0, 0.1) is 13.8 Å². The van der Waals surface area contributed by atoms with Crippen molar-refractivity contribution in [3.05, 3.63) is 89.1 Å². The van der Waals surface area contributed by atoms with Gasteiger partial charge in [-0.3, -0.25) is 9.89 Å². The smallest absolute Gasteiger partial charge is 0.199 e. The van der Waals surface area contributed by atoms with Crippen LogP contribution >= 0.6 is 0 Å². The van der Waals surface area contributed by atoms with Gasteiger partial charge in [0, 0.05) is 18.0 Å².